The van der Waals surface area contributed by atoms with Crippen LogP contribution >= 0.6 is 0 Å². The molecule has 0 radical (unpaired) electrons. The van der Waals surface area contributed by atoms with E-state index >= 15 is 0 Å². The number of nitrogens with zero attached hydrogens (tertiary/aromatic N) is 1. The fraction of sp³-hybridized carbons (Fsp3) is 0.294. The third-order valence-corrected chi connectivity index (χ3v) is 6.00. The number of nitrogens with one attached hydrogen (secondary N) is 4. The topological polar surface area (TPSA) is 183 Å². The first kappa shape index (κ1) is 36.5. The van der Waals surface area contributed by atoms with Gasteiger partial charge in [-0.2, -0.15) is 0 Å². The number of carbonyl (C=O) groups is 5. The minimum atomic E-state index is -1.05. The van der Waals surface area contributed by atoms with Gasteiger partial charge in [-0.15, -0.1) is 0 Å². The zero-order valence-electron chi connectivity index (χ0n) is 27.3. The second-order valence-electron chi connectivity index (χ2n) is 11.3. The van der Waals surface area contributed by atoms with Crippen LogP contribution in [0.5, 0.6) is 5.75 Å². The largest absolute Gasteiger partial charge is 0.444 e. The Balaban J connectivity index is 1.60. The van der Waals surface area contributed by atoms with Gasteiger partial charge in [0.2, 0.25) is 11.9 Å². The molecule has 0 saturated carbocycles. The van der Waals surface area contributed by atoms with Crippen molar-refractivity contribution < 1.29 is 42.9 Å². The minimum absolute atomic E-state index is 0.0173. The average molecular weight is 662 g/mol. The summed E-state index contributed by atoms with van der Waals surface area (Å²) in [7, 11) is 0. The first-order valence-corrected chi connectivity index (χ1v) is 14.9. The van der Waals surface area contributed by atoms with Gasteiger partial charge >= 0.3 is 24.2 Å². The number of alkyl carbamates (subject to hydrolysis) is 3. The average Bonchev–Trinajstić information content (AvgIpc) is 3.03. The van der Waals surface area contributed by atoms with E-state index in [4.69, 9.17) is 18.9 Å². The number of amides is 4. The second-order valence-corrected chi connectivity index (χ2v) is 11.3. The summed E-state index contributed by atoms with van der Waals surface area (Å²) >= 11 is 0. The number of hydrogen-bond donors (Lipinski definition) is 4. The lowest BCUT2D eigenvalue weighted by Crippen LogP contribution is -2.50. The Bertz CT molecular complexity index is 1510. The van der Waals surface area contributed by atoms with Crippen LogP contribution in [0.4, 0.5) is 20.1 Å². The maximum absolute atomic E-state index is 12.6. The zero-order chi connectivity index (χ0) is 35.1. The van der Waals surface area contributed by atoms with Crippen LogP contribution in [-0.4, -0.2) is 53.8 Å². The molecule has 4 amide bonds. The first-order valence-electron chi connectivity index (χ1n) is 14.9. The number of guanidine groups is 1. The Kier molecular flexibility index (Phi) is 13.5. The van der Waals surface area contributed by atoms with E-state index in [0.29, 0.717) is 0 Å². The van der Waals surface area contributed by atoms with E-state index in [9.17, 15) is 24.0 Å². The fourth-order valence-corrected chi connectivity index (χ4v) is 3.67. The van der Waals surface area contributed by atoms with E-state index in [2.05, 4.69) is 26.3 Å². The van der Waals surface area contributed by atoms with Crippen LogP contribution in [0.15, 0.2) is 89.9 Å². The molecule has 4 N–H and O–H groups in total. The summed E-state index contributed by atoms with van der Waals surface area (Å²) in [4.78, 5) is 66.3. The Hall–Kier alpha value is -5.92. The van der Waals surface area contributed by atoms with Crippen LogP contribution in [0.3, 0.4) is 0 Å². The van der Waals surface area contributed by atoms with Crippen LogP contribution in [0.25, 0.3) is 0 Å². The molecule has 0 fully saturated rings. The monoisotopic (exact) mass is 661 g/mol. The molecule has 0 aliphatic heterocycles. The molecule has 0 bridgehead atoms. The van der Waals surface area contributed by atoms with Crippen molar-refractivity contribution in [3.05, 3.63) is 96.1 Å². The van der Waals surface area contributed by atoms with Crippen LogP contribution in [-0.2, 0) is 37.0 Å². The molecule has 2 atom stereocenters. The third kappa shape index (κ3) is 13.6. The lowest BCUT2D eigenvalue weighted by atomic mass is 10.2. The molecule has 3 rings (SSSR count). The molecule has 14 heteroatoms. The molecule has 0 spiro atoms. The van der Waals surface area contributed by atoms with E-state index in [-0.39, 0.29) is 30.6 Å². The summed E-state index contributed by atoms with van der Waals surface area (Å²) in [5.74, 6) is -1.53. The van der Waals surface area contributed by atoms with E-state index < -0.39 is 47.8 Å². The van der Waals surface area contributed by atoms with E-state index in [1.54, 1.807) is 69.3 Å². The summed E-state index contributed by atoms with van der Waals surface area (Å²) in [6, 6.07) is 21.8. The highest BCUT2D eigenvalue weighted by Crippen LogP contribution is 2.19. The highest BCUT2D eigenvalue weighted by Gasteiger charge is 2.24. The summed E-state index contributed by atoms with van der Waals surface area (Å²) in [6.07, 6.45) is -2.53. The predicted molar refractivity (Wildman–Crippen MR) is 175 cm³/mol. The van der Waals surface area contributed by atoms with Gasteiger partial charge in [0.05, 0.1) is 5.69 Å². The molecule has 254 valence electrons. The highest BCUT2D eigenvalue weighted by molar-refractivity contribution is 6.02. The Morgan fingerprint density at radius 1 is 0.667 bits per heavy atom. The molecule has 0 unspecified atom stereocenters. The van der Waals surface area contributed by atoms with Crippen LogP contribution in [0.1, 0.15) is 45.7 Å². The fourth-order valence-electron chi connectivity index (χ4n) is 3.67. The smallest absolute Gasteiger partial charge is 0.414 e. The van der Waals surface area contributed by atoms with Crippen molar-refractivity contribution in [1.82, 2.24) is 21.3 Å². The molecule has 14 nitrogen and oxygen atoms in total. The molecule has 0 aromatic heterocycles. The molecule has 0 aliphatic carbocycles. The predicted octanol–water partition coefficient (Wildman–Crippen LogP) is 4.85. The number of ether oxygens (including phenoxy) is 4. The van der Waals surface area contributed by atoms with Crippen molar-refractivity contribution in [2.24, 2.45) is 4.99 Å². The SMILES string of the molecule is C[C@H](NC(=O)OC(C)(C)C)C(=O)N[C@@H](C)C(=O)Oc1ccc(N=C(NC(=O)OCc2ccccc2)NC(=O)OCc2ccccc2)cc1. The lowest BCUT2D eigenvalue weighted by molar-refractivity contribution is -0.139. The van der Waals surface area contributed by atoms with Gasteiger partial charge in [-0.3, -0.25) is 15.4 Å². The molecular formula is C34H39N5O9. The summed E-state index contributed by atoms with van der Waals surface area (Å²) < 4.78 is 20.9. The van der Waals surface area contributed by atoms with Gasteiger partial charge in [-0.05, 0) is 70.0 Å². The summed E-state index contributed by atoms with van der Waals surface area (Å²) in [5, 5.41) is 9.66. The van der Waals surface area contributed by atoms with Crippen LogP contribution < -0.4 is 26.0 Å². The summed E-state index contributed by atoms with van der Waals surface area (Å²) in [6.45, 7) is 7.91. The second kappa shape index (κ2) is 17.7. The van der Waals surface area contributed by atoms with Crippen molar-refractivity contribution in [3.63, 3.8) is 0 Å². The highest BCUT2D eigenvalue weighted by atomic mass is 16.6. The van der Waals surface area contributed by atoms with E-state index in [0.717, 1.165) is 11.1 Å². The Labute approximate surface area is 278 Å². The number of hydrogen-bond acceptors (Lipinski definition) is 10. The van der Waals surface area contributed by atoms with Gasteiger partial charge in [-0.1, -0.05) is 60.7 Å². The zero-order valence-corrected chi connectivity index (χ0v) is 27.3. The quantitative estimate of drug-likeness (QED) is 0.0776. The normalized spacial score (nSPS) is 11.9. The third-order valence-electron chi connectivity index (χ3n) is 6.00. The maximum atomic E-state index is 12.6. The number of carbonyl (C=O) groups excluding carboxylic acids is 5. The first-order chi connectivity index (χ1) is 22.8. The molecule has 0 heterocycles. The minimum Gasteiger partial charge on any atom is -0.444 e. The van der Waals surface area contributed by atoms with E-state index in [1.165, 1.54) is 38.1 Å². The summed E-state index contributed by atoms with van der Waals surface area (Å²) in [5.41, 5.74) is 1.04. The van der Waals surface area contributed by atoms with Crippen molar-refractivity contribution in [2.75, 3.05) is 0 Å². The van der Waals surface area contributed by atoms with Crippen molar-refractivity contribution in [1.29, 1.82) is 0 Å². The number of rotatable bonds is 10. The van der Waals surface area contributed by atoms with Gasteiger partial charge < -0.3 is 29.6 Å². The van der Waals surface area contributed by atoms with E-state index in [1.807, 2.05) is 12.1 Å². The van der Waals surface area contributed by atoms with Gasteiger partial charge in [0, 0.05) is 0 Å². The Morgan fingerprint density at radius 2 is 1.17 bits per heavy atom. The maximum Gasteiger partial charge on any atom is 0.414 e. The number of esters is 1. The van der Waals surface area contributed by atoms with Crippen molar-refractivity contribution in [2.45, 2.75) is 65.5 Å². The van der Waals surface area contributed by atoms with Gasteiger partial charge in [-0.25, -0.2) is 24.2 Å². The molecule has 0 saturated heterocycles. The molecule has 0 aliphatic rings. The molecule has 3 aromatic carbocycles. The van der Waals surface area contributed by atoms with Gasteiger partial charge in [0.15, 0.2) is 0 Å². The van der Waals surface area contributed by atoms with Gasteiger partial charge in [0.1, 0.15) is 36.6 Å². The molecule has 48 heavy (non-hydrogen) atoms. The lowest BCUT2D eigenvalue weighted by Gasteiger charge is -2.22. The van der Waals surface area contributed by atoms with Gasteiger partial charge in [0.25, 0.3) is 0 Å². The van der Waals surface area contributed by atoms with Crippen molar-refractivity contribution >= 4 is 41.8 Å². The molecule has 3 aromatic rings. The number of benzene rings is 3. The van der Waals surface area contributed by atoms with Crippen LogP contribution in [0, 0.1) is 0 Å². The standard InChI is InChI=1S/C34H39N5O9/c1-22(36-33(44)48-34(3,4)5)28(40)35-23(2)29(41)47-27-18-16-26(17-19-27)37-30(38-31(42)45-20-24-12-8-6-9-13-24)39-32(43)46-21-25-14-10-7-11-15-25/h6-19,22-23H,20-21H2,1-5H3,(H,35,40)(H,36,44)(H2,37,38,39,42,43)/t22-,23-/m0/s1. The van der Waals surface area contributed by atoms with Crippen molar-refractivity contribution in [3.8, 4) is 5.75 Å². The van der Waals surface area contributed by atoms with Crippen LogP contribution in [0.2, 0.25) is 0 Å². The number of aliphatic imine (C=N–C) groups is 1. The Morgan fingerprint density at radius 3 is 1.65 bits per heavy atom. The molecular weight excluding hydrogens is 622 g/mol.